The predicted molar refractivity (Wildman–Crippen MR) is 200 cm³/mol. The minimum atomic E-state index is -0.202. The number of ketones is 1. The molecule has 0 aliphatic carbocycles. The van der Waals surface area contributed by atoms with Crippen molar-refractivity contribution in [1.29, 1.82) is 0 Å². The molecule has 0 aromatic heterocycles. The van der Waals surface area contributed by atoms with Crippen LogP contribution in [0.2, 0.25) is 0 Å². The molecule has 9 heteroatoms. The number of esters is 2. The van der Waals surface area contributed by atoms with E-state index in [4.69, 9.17) is 15.2 Å². The van der Waals surface area contributed by atoms with Gasteiger partial charge in [0.2, 0.25) is 6.08 Å². The van der Waals surface area contributed by atoms with E-state index in [1.165, 1.54) is 33.1 Å². The van der Waals surface area contributed by atoms with Crippen molar-refractivity contribution in [2.75, 3.05) is 33.2 Å². The van der Waals surface area contributed by atoms with E-state index in [0.717, 1.165) is 41.2 Å². The number of carbonyl (C=O) groups excluding carboxylic acids is 4. The van der Waals surface area contributed by atoms with Gasteiger partial charge in [-0.05, 0) is 72.2 Å². The van der Waals surface area contributed by atoms with E-state index in [1.807, 2.05) is 111 Å². The second-order valence-corrected chi connectivity index (χ2v) is 12.1. The zero-order valence-corrected chi connectivity index (χ0v) is 30.1. The summed E-state index contributed by atoms with van der Waals surface area (Å²) in [6.07, 6.45) is 6.24. The van der Waals surface area contributed by atoms with Crippen molar-refractivity contribution in [3.63, 3.8) is 0 Å². The number of rotatable bonds is 11. The molecule has 4 aromatic rings. The zero-order chi connectivity index (χ0) is 37.3. The first-order valence-corrected chi connectivity index (χ1v) is 17.0. The highest BCUT2D eigenvalue weighted by Crippen LogP contribution is 2.14. The molecule has 4 aromatic carbocycles. The molecule has 2 N–H and O–H groups in total. The first-order valence-electron chi connectivity index (χ1n) is 17.0. The Morgan fingerprint density at radius 2 is 1.08 bits per heavy atom. The highest BCUT2D eigenvalue weighted by molar-refractivity contribution is 5.83. The van der Waals surface area contributed by atoms with Crippen LogP contribution in [-0.4, -0.2) is 51.2 Å². The van der Waals surface area contributed by atoms with E-state index in [0.29, 0.717) is 31.4 Å². The first kappa shape index (κ1) is 41.8. The highest BCUT2D eigenvalue weighted by Gasteiger charge is 2.14. The predicted octanol–water partition coefficient (Wildman–Crippen LogP) is 7.46. The van der Waals surface area contributed by atoms with Gasteiger partial charge in [-0.3, -0.25) is 14.4 Å². The van der Waals surface area contributed by atoms with Gasteiger partial charge >= 0.3 is 11.9 Å². The first-order chi connectivity index (χ1) is 24.6. The van der Waals surface area contributed by atoms with Gasteiger partial charge in [0.1, 0.15) is 5.78 Å². The summed E-state index contributed by atoms with van der Waals surface area (Å²) in [7, 11) is 2.81. The number of carbonyl (C=O) groups is 3. The maximum atomic E-state index is 12.1. The van der Waals surface area contributed by atoms with Crippen molar-refractivity contribution in [1.82, 2.24) is 0 Å². The molecule has 51 heavy (non-hydrogen) atoms. The van der Waals surface area contributed by atoms with E-state index >= 15 is 0 Å². The number of benzene rings is 4. The Morgan fingerprint density at radius 1 is 0.667 bits per heavy atom. The van der Waals surface area contributed by atoms with Gasteiger partial charge in [-0.15, -0.1) is 0 Å². The molecule has 0 radical (unpaired) electrons. The molecule has 0 spiro atoms. The number of para-hydroxylation sites is 1. The third-order valence-electron chi connectivity index (χ3n) is 7.70. The summed E-state index contributed by atoms with van der Waals surface area (Å²) in [6.45, 7) is 5.70. The molecular formula is C42H50N2O7. The van der Waals surface area contributed by atoms with Crippen LogP contribution >= 0.6 is 0 Å². The maximum Gasteiger partial charge on any atom is 0.308 e. The molecule has 1 aliphatic rings. The van der Waals surface area contributed by atoms with Gasteiger partial charge in [-0.25, -0.2) is 4.79 Å². The summed E-state index contributed by atoms with van der Waals surface area (Å²) >= 11 is 0. The van der Waals surface area contributed by atoms with Gasteiger partial charge in [0.25, 0.3) is 0 Å². The lowest BCUT2D eigenvalue weighted by Gasteiger charge is -2.09. The fraction of sp³-hybridized carbons (Fsp3) is 0.333. The van der Waals surface area contributed by atoms with Crippen LogP contribution in [-0.2, 0) is 59.1 Å². The smallest absolute Gasteiger partial charge is 0.308 e. The lowest BCUT2D eigenvalue weighted by Crippen LogP contribution is -2.15. The molecule has 1 saturated heterocycles. The van der Waals surface area contributed by atoms with Gasteiger partial charge < -0.3 is 19.9 Å². The molecule has 1 aliphatic heterocycles. The average molecular weight is 695 g/mol. The second kappa shape index (κ2) is 24.7. The number of aliphatic imine (C=N–C) groups is 1. The van der Waals surface area contributed by atoms with Crippen LogP contribution in [0.25, 0.3) is 0 Å². The quantitative estimate of drug-likeness (QED) is 0.0740. The van der Waals surface area contributed by atoms with E-state index < -0.39 is 0 Å². The van der Waals surface area contributed by atoms with Crippen LogP contribution in [0.4, 0.5) is 11.4 Å². The number of nitrogens with two attached hydrogens (primary N) is 1. The Morgan fingerprint density at radius 3 is 1.49 bits per heavy atom. The van der Waals surface area contributed by atoms with Crippen molar-refractivity contribution < 1.29 is 33.4 Å². The minimum absolute atomic E-state index is 0.108. The Hall–Kier alpha value is -5.37. The molecule has 2 atom stereocenters. The van der Waals surface area contributed by atoms with Crippen LogP contribution in [0.1, 0.15) is 48.9 Å². The molecule has 5 rings (SSSR count). The molecule has 1 fully saturated rings. The fourth-order valence-electron chi connectivity index (χ4n) is 4.90. The number of hydrogen-bond donors (Lipinski definition) is 1. The third-order valence-corrected chi connectivity index (χ3v) is 7.70. The average Bonchev–Trinajstić information content (AvgIpc) is 3.75. The largest absolute Gasteiger partial charge is 0.469 e. The summed E-state index contributed by atoms with van der Waals surface area (Å²) in [5.41, 5.74) is 11.1. The molecule has 9 nitrogen and oxygen atoms in total. The molecule has 270 valence electrons. The van der Waals surface area contributed by atoms with E-state index in [9.17, 15) is 19.2 Å². The van der Waals surface area contributed by atoms with Crippen molar-refractivity contribution in [3.8, 4) is 0 Å². The summed E-state index contributed by atoms with van der Waals surface area (Å²) in [5, 5.41) is 0. The lowest BCUT2D eigenvalue weighted by atomic mass is 9.98. The fourth-order valence-corrected chi connectivity index (χ4v) is 4.90. The SMILES string of the molecule is C1CCOC1.COC(=O)[C@H](C)Cc1ccc(CC(=O)Cc2ccccc2)cc1.COC(=O)[C@H](C)Cc1ccc(N)cc1.O=C=Nc1ccccc1. The number of anilines is 1. The van der Waals surface area contributed by atoms with Crippen LogP contribution in [0.15, 0.2) is 114 Å². The van der Waals surface area contributed by atoms with E-state index in [1.54, 1.807) is 12.1 Å². The lowest BCUT2D eigenvalue weighted by molar-refractivity contribution is -0.145. The molecule has 0 bridgehead atoms. The van der Waals surface area contributed by atoms with Gasteiger partial charge in [0, 0.05) is 31.7 Å². The zero-order valence-electron chi connectivity index (χ0n) is 30.1. The molecule has 1 heterocycles. The minimum Gasteiger partial charge on any atom is -0.469 e. The van der Waals surface area contributed by atoms with Gasteiger partial charge in [-0.1, -0.05) is 98.8 Å². The molecule has 0 unspecified atom stereocenters. The number of isocyanates is 1. The van der Waals surface area contributed by atoms with Gasteiger partial charge in [-0.2, -0.15) is 4.99 Å². The van der Waals surface area contributed by atoms with E-state index in [-0.39, 0.29) is 29.6 Å². The van der Waals surface area contributed by atoms with Crippen LogP contribution < -0.4 is 5.73 Å². The number of hydrogen-bond acceptors (Lipinski definition) is 9. The monoisotopic (exact) mass is 694 g/mol. The summed E-state index contributed by atoms with van der Waals surface area (Å²) in [4.78, 5) is 47.8. The second-order valence-electron chi connectivity index (χ2n) is 12.1. The molecular weight excluding hydrogens is 644 g/mol. The maximum absolute atomic E-state index is 12.1. The van der Waals surface area contributed by atoms with Crippen molar-refractivity contribution in [2.45, 2.75) is 52.4 Å². The Bertz CT molecular complexity index is 1610. The van der Waals surface area contributed by atoms with Crippen molar-refractivity contribution in [2.24, 2.45) is 16.8 Å². The normalized spacial score (nSPS) is 12.4. The van der Waals surface area contributed by atoms with Crippen LogP contribution in [0.3, 0.4) is 0 Å². The van der Waals surface area contributed by atoms with Gasteiger partial charge in [0.05, 0.1) is 31.7 Å². The number of nitrogens with zero attached hydrogens (tertiary/aromatic N) is 1. The Kier molecular flexibility index (Phi) is 20.3. The molecule has 0 saturated carbocycles. The number of ether oxygens (including phenoxy) is 3. The van der Waals surface area contributed by atoms with Crippen molar-refractivity contribution >= 4 is 35.2 Å². The highest BCUT2D eigenvalue weighted by atomic mass is 16.5. The number of methoxy groups -OCH3 is 2. The van der Waals surface area contributed by atoms with Crippen LogP contribution in [0.5, 0.6) is 0 Å². The number of nitrogen functional groups attached to an aromatic ring is 1. The number of Topliss-reactive ketones (excluding diaryl/α,β-unsaturated/α-hetero) is 1. The summed E-state index contributed by atoms with van der Waals surface area (Å²) < 4.78 is 14.3. The van der Waals surface area contributed by atoms with Crippen molar-refractivity contribution in [3.05, 3.63) is 131 Å². The van der Waals surface area contributed by atoms with E-state index in [2.05, 4.69) is 9.73 Å². The Labute approximate surface area is 301 Å². The van der Waals surface area contributed by atoms with Gasteiger partial charge in [0.15, 0.2) is 0 Å². The summed E-state index contributed by atoms with van der Waals surface area (Å²) in [6, 6.07) is 34.1. The standard InChI is InChI=1S/C20H22O3.C11H15NO2.C7H5NO.C4H8O/c1-15(20(22)23-2)12-17-8-10-18(11-9-17)14-19(21)13-16-6-4-3-5-7-16;1-8(11(13)14-2)7-9-3-5-10(12)6-4-9;9-6-8-7-4-2-1-3-5-7;1-2-4-5-3-1/h3-11,15H,12-14H2,1-2H3;3-6,8H,7,12H2,1-2H3;1-5H;1-4H2/t15-;8-;;/m11../s1. The summed E-state index contributed by atoms with van der Waals surface area (Å²) in [5.74, 6) is -0.449. The topological polar surface area (TPSA) is 134 Å². The molecule has 0 amide bonds. The third kappa shape index (κ3) is 18.3. The Balaban J connectivity index is 0.000000270. The van der Waals surface area contributed by atoms with Crippen LogP contribution in [0, 0.1) is 11.8 Å².